The van der Waals surface area contributed by atoms with Crippen molar-refractivity contribution in [3.8, 4) is 0 Å². The van der Waals surface area contributed by atoms with Crippen LogP contribution in [0.3, 0.4) is 0 Å². The van der Waals surface area contributed by atoms with Gasteiger partial charge in [0.25, 0.3) is 0 Å². The fourth-order valence-corrected chi connectivity index (χ4v) is 0.900. The third kappa shape index (κ3) is 2.28. The molecule has 0 bridgehead atoms. The van der Waals surface area contributed by atoms with Crippen LogP contribution in [0.1, 0.15) is 51.4 Å². The summed E-state index contributed by atoms with van der Waals surface area (Å²) in [4.78, 5) is 0. The van der Waals surface area contributed by atoms with Gasteiger partial charge in [-0.25, -0.2) is 0 Å². The molecule has 13 heavy (non-hydrogen) atoms. The van der Waals surface area contributed by atoms with E-state index in [1.54, 1.807) is 0 Å². The summed E-state index contributed by atoms with van der Waals surface area (Å²) in [5.41, 5.74) is 5.86. The predicted octanol–water partition coefficient (Wildman–Crippen LogP) is 1.85. The van der Waals surface area contributed by atoms with Gasteiger partial charge in [-0.1, -0.05) is 27.7 Å². The first-order valence-electron chi connectivity index (χ1n) is 4.61. The van der Waals surface area contributed by atoms with Crippen molar-refractivity contribution in [3.05, 3.63) is 11.8 Å². The van der Waals surface area contributed by atoms with E-state index in [-0.39, 0.29) is 12.0 Å². The van der Waals surface area contributed by atoms with Crippen LogP contribution < -0.4 is 5.73 Å². The predicted molar refractivity (Wildman–Crippen MR) is 50.2 cm³/mol. The van der Waals surface area contributed by atoms with Crippen LogP contribution in [0.15, 0.2) is 4.42 Å². The Morgan fingerprint density at radius 3 is 2.00 bits per heavy atom. The zero-order valence-electron chi connectivity index (χ0n) is 8.61. The Kier molecular flexibility index (Phi) is 3.03. The molecule has 74 valence electrons. The van der Waals surface area contributed by atoms with E-state index in [2.05, 4.69) is 10.2 Å². The fourth-order valence-electron chi connectivity index (χ4n) is 0.900. The lowest BCUT2D eigenvalue weighted by Crippen LogP contribution is -2.16. The van der Waals surface area contributed by atoms with Gasteiger partial charge >= 0.3 is 0 Å². The van der Waals surface area contributed by atoms with Gasteiger partial charge in [-0.15, -0.1) is 10.2 Å². The van der Waals surface area contributed by atoms with Gasteiger partial charge in [0.2, 0.25) is 11.8 Å². The average molecular weight is 183 g/mol. The molecule has 1 rings (SSSR count). The standard InChI is InChI=1S/C9H17N3O/c1-5(2)7(10)9-12-11-8(13-9)6(3)4/h5-7H,10H2,1-4H3. The first-order chi connectivity index (χ1) is 6.02. The zero-order chi connectivity index (χ0) is 10.0. The van der Waals surface area contributed by atoms with Crippen LogP contribution in [0.2, 0.25) is 0 Å². The monoisotopic (exact) mass is 183 g/mol. The van der Waals surface area contributed by atoms with Crippen molar-refractivity contribution in [2.24, 2.45) is 11.7 Å². The Morgan fingerprint density at radius 2 is 1.62 bits per heavy atom. The van der Waals surface area contributed by atoms with Crippen molar-refractivity contribution in [1.29, 1.82) is 0 Å². The van der Waals surface area contributed by atoms with Crippen LogP contribution >= 0.6 is 0 Å². The maximum atomic E-state index is 5.86. The molecule has 0 saturated carbocycles. The zero-order valence-corrected chi connectivity index (χ0v) is 8.61. The number of hydrogen-bond donors (Lipinski definition) is 1. The summed E-state index contributed by atoms with van der Waals surface area (Å²) in [5, 5.41) is 7.84. The maximum absolute atomic E-state index is 5.86. The van der Waals surface area contributed by atoms with Crippen molar-refractivity contribution in [3.63, 3.8) is 0 Å². The lowest BCUT2D eigenvalue weighted by Gasteiger charge is -2.09. The summed E-state index contributed by atoms with van der Waals surface area (Å²) >= 11 is 0. The van der Waals surface area contributed by atoms with Crippen molar-refractivity contribution in [2.45, 2.75) is 39.7 Å². The second-order valence-corrected chi connectivity index (χ2v) is 3.90. The second-order valence-electron chi connectivity index (χ2n) is 3.90. The highest BCUT2D eigenvalue weighted by atomic mass is 16.4. The minimum Gasteiger partial charge on any atom is -0.423 e. The van der Waals surface area contributed by atoms with Gasteiger partial charge in [-0.2, -0.15) is 0 Å². The largest absolute Gasteiger partial charge is 0.423 e. The molecular formula is C9H17N3O. The molecule has 0 amide bonds. The number of rotatable bonds is 3. The van der Waals surface area contributed by atoms with Gasteiger partial charge in [0.1, 0.15) is 0 Å². The number of nitrogens with two attached hydrogens (primary N) is 1. The van der Waals surface area contributed by atoms with E-state index in [0.717, 1.165) is 0 Å². The SMILES string of the molecule is CC(C)c1nnc(C(N)C(C)C)o1. The lowest BCUT2D eigenvalue weighted by molar-refractivity contribution is 0.363. The molecule has 2 N–H and O–H groups in total. The summed E-state index contributed by atoms with van der Waals surface area (Å²) in [6, 6.07) is -0.153. The van der Waals surface area contributed by atoms with E-state index in [9.17, 15) is 0 Å². The smallest absolute Gasteiger partial charge is 0.233 e. The van der Waals surface area contributed by atoms with Crippen LogP contribution in [-0.2, 0) is 0 Å². The molecule has 0 radical (unpaired) electrons. The molecule has 0 aliphatic carbocycles. The van der Waals surface area contributed by atoms with Crippen molar-refractivity contribution in [2.75, 3.05) is 0 Å². The molecule has 0 aliphatic rings. The minimum atomic E-state index is -0.153. The van der Waals surface area contributed by atoms with E-state index in [1.807, 2.05) is 27.7 Å². The van der Waals surface area contributed by atoms with Gasteiger partial charge in [-0.05, 0) is 5.92 Å². The van der Waals surface area contributed by atoms with Crippen LogP contribution in [0, 0.1) is 5.92 Å². The molecular weight excluding hydrogens is 166 g/mol. The van der Waals surface area contributed by atoms with Crippen LogP contribution in [0.4, 0.5) is 0 Å². The summed E-state index contributed by atoms with van der Waals surface area (Å²) in [7, 11) is 0. The average Bonchev–Trinajstić information content (AvgIpc) is 2.50. The normalized spacial score (nSPS) is 14.1. The lowest BCUT2D eigenvalue weighted by atomic mass is 10.1. The second kappa shape index (κ2) is 3.87. The van der Waals surface area contributed by atoms with Crippen LogP contribution in [0.5, 0.6) is 0 Å². The Hall–Kier alpha value is -0.900. The molecule has 0 spiro atoms. The molecule has 0 aliphatic heterocycles. The topological polar surface area (TPSA) is 64.9 Å². The maximum Gasteiger partial charge on any atom is 0.233 e. The Morgan fingerprint density at radius 1 is 1.08 bits per heavy atom. The highest BCUT2D eigenvalue weighted by Gasteiger charge is 2.18. The third-order valence-corrected chi connectivity index (χ3v) is 1.95. The van der Waals surface area contributed by atoms with E-state index in [1.165, 1.54) is 0 Å². The summed E-state index contributed by atoms with van der Waals surface area (Å²) < 4.78 is 5.42. The summed E-state index contributed by atoms with van der Waals surface area (Å²) in [5.74, 6) is 1.78. The van der Waals surface area contributed by atoms with Crippen LogP contribution in [0.25, 0.3) is 0 Å². The van der Waals surface area contributed by atoms with Crippen molar-refractivity contribution in [1.82, 2.24) is 10.2 Å². The van der Waals surface area contributed by atoms with Gasteiger partial charge in [0.05, 0.1) is 6.04 Å². The first kappa shape index (κ1) is 10.2. The molecule has 1 aromatic heterocycles. The van der Waals surface area contributed by atoms with E-state index < -0.39 is 0 Å². The van der Waals surface area contributed by atoms with Crippen molar-refractivity contribution >= 4 is 0 Å². The molecule has 1 heterocycles. The molecule has 1 aromatic rings. The molecule has 0 saturated heterocycles. The molecule has 4 nitrogen and oxygen atoms in total. The molecule has 1 atom stereocenters. The Balaban J connectivity index is 2.79. The van der Waals surface area contributed by atoms with E-state index >= 15 is 0 Å². The van der Waals surface area contributed by atoms with Crippen LogP contribution in [-0.4, -0.2) is 10.2 Å². The molecule has 0 fully saturated rings. The Bertz CT molecular complexity index is 268. The van der Waals surface area contributed by atoms with Crippen molar-refractivity contribution < 1.29 is 4.42 Å². The van der Waals surface area contributed by atoms with Gasteiger partial charge in [0, 0.05) is 5.92 Å². The third-order valence-electron chi connectivity index (χ3n) is 1.95. The molecule has 4 heteroatoms. The molecule has 1 unspecified atom stereocenters. The first-order valence-corrected chi connectivity index (χ1v) is 4.61. The van der Waals surface area contributed by atoms with Gasteiger partial charge in [0.15, 0.2) is 0 Å². The summed E-state index contributed by atoms with van der Waals surface area (Å²) in [6.45, 7) is 8.09. The van der Waals surface area contributed by atoms with Gasteiger partial charge < -0.3 is 10.2 Å². The number of aromatic nitrogens is 2. The number of nitrogens with zero attached hydrogens (tertiary/aromatic N) is 2. The van der Waals surface area contributed by atoms with Gasteiger partial charge in [-0.3, -0.25) is 0 Å². The van der Waals surface area contributed by atoms with E-state index in [4.69, 9.17) is 10.2 Å². The highest BCUT2D eigenvalue weighted by Crippen LogP contribution is 2.20. The quantitative estimate of drug-likeness (QED) is 0.776. The minimum absolute atomic E-state index is 0.153. The Labute approximate surface area is 78.5 Å². The molecule has 0 aromatic carbocycles. The fraction of sp³-hybridized carbons (Fsp3) is 0.778. The summed E-state index contributed by atoms with van der Waals surface area (Å²) in [6.07, 6.45) is 0. The highest BCUT2D eigenvalue weighted by molar-refractivity contribution is 4.92. The number of hydrogen-bond acceptors (Lipinski definition) is 4. The van der Waals surface area contributed by atoms with E-state index in [0.29, 0.717) is 17.7 Å².